The molecule has 0 saturated carbocycles. The van der Waals surface area contributed by atoms with Gasteiger partial charge in [-0.1, -0.05) is 24.3 Å². The van der Waals surface area contributed by atoms with E-state index >= 15 is 0 Å². The van der Waals surface area contributed by atoms with Crippen LogP contribution in [-0.2, 0) is 6.54 Å². The molecule has 23 heavy (non-hydrogen) atoms. The first-order chi connectivity index (χ1) is 10.8. The summed E-state index contributed by atoms with van der Waals surface area (Å²) in [6.45, 7) is 9.99. The van der Waals surface area contributed by atoms with Gasteiger partial charge in [0.05, 0.1) is 0 Å². The Bertz CT molecular complexity index is 525. The van der Waals surface area contributed by atoms with E-state index in [1.165, 1.54) is 43.9 Å². The Morgan fingerprint density at radius 1 is 1.17 bits per heavy atom. The molecule has 3 heterocycles. The number of guanidine groups is 1. The summed E-state index contributed by atoms with van der Waals surface area (Å²) < 4.78 is 0. The first kappa shape index (κ1) is 18.5. The van der Waals surface area contributed by atoms with E-state index in [1.54, 1.807) is 0 Å². The van der Waals surface area contributed by atoms with Crippen LogP contribution in [0.15, 0.2) is 29.3 Å². The van der Waals surface area contributed by atoms with Gasteiger partial charge in [-0.15, -0.1) is 24.0 Å². The van der Waals surface area contributed by atoms with Crippen molar-refractivity contribution in [2.45, 2.75) is 19.5 Å². The minimum absolute atomic E-state index is 0. The monoisotopic (exact) mass is 429 g/mol. The fourth-order valence-corrected chi connectivity index (χ4v) is 3.34. The van der Waals surface area contributed by atoms with E-state index in [0.29, 0.717) is 6.04 Å². The van der Waals surface area contributed by atoms with Gasteiger partial charge in [0.2, 0.25) is 0 Å². The van der Waals surface area contributed by atoms with Crippen LogP contribution in [0.1, 0.15) is 11.1 Å². The fraction of sp³-hybridized carbons (Fsp3) is 0.588. The molecule has 5 nitrogen and oxygen atoms in total. The number of nitrogens with one attached hydrogen (secondary N) is 2. The van der Waals surface area contributed by atoms with Gasteiger partial charge in [0, 0.05) is 58.9 Å². The number of halogens is 1. The highest BCUT2D eigenvalue weighted by atomic mass is 127. The molecule has 0 aromatic heterocycles. The number of benzene rings is 1. The third-order valence-electron chi connectivity index (χ3n) is 4.83. The Morgan fingerprint density at radius 2 is 1.91 bits per heavy atom. The maximum absolute atomic E-state index is 4.34. The Balaban J connectivity index is 0.00000192. The van der Waals surface area contributed by atoms with Crippen LogP contribution >= 0.6 is 24.0 Å². The van der Waals surface area contributed by atoms with Crippen molar-refractivity contribution in [2.75, 3.05) is 46.3 Å². The number of fused-ring (bicyclic) bond motifs is 3. The van der Waals surface area contributed by atoms with Gasteiger partial charge in [-0.25, -0.2) is 0 Å². The summed E-state index contributed by atoms with van der Waals surface area (Å²) in [6, 6.07) is 9.08. The van der Waals surface area contributed by atoms with Gasteiger partial charge in [-0.2, -0.15) is 0 Å². The molecule has 6 heteroatoms. The quantitative estimate of drug-likeness (QED) is 0.430. The third kappa shape index (κ3) is 4.81. The number of rotatable bonds is 4. The molecular weight excluding hydrogens is 401 g/mol. The van der Waals surface area contributed by atoms with Crippen molar-refractivity contribution in [2.24, 2.45) is 4.99 Å². The molecule has 0 amide bonds. The SMILES string of the molecule is CN=C(NCc1ccccc1C)NCC1CN2CCN1CC2.I. The number of nitrogens with zero attached hydrogens (tertiary/aromatic N) is 3. The van der Waals surface area contributed by atoms with Crippen molar-refractivity contribution < 1.29 is 0 Å². The summed E-state index contributed by atoms with van der Waals surface area (Å²) in [4.78, 5) is 9.51. The highest BCUT2D eigenvalue weighted by molar-refractivity contribution is 14.0. The maximum atomic E-state index is 4.34. The molecule has 3 saturated heterocycles. The second kappa shape index (κ2) is 8.84. The van der Waals surface area contributed by atoms with Crippen LogP contribution in [0.25, 0.3) is 0 Å². The molecule has 128 valence electrons. The zero-order chi connectivity index (χ0) is 15.4. The summed E-state index contributed by atoms with van der Waals surface area (Å²) in [7, 11) is 1.84. The topological polar surface area (TPSA) is 42.9 Å². The van der Waals surface area contributed by atoms with E-state index < -0.39 is 0 Å². The van der Waals surface area contributed by atoms with E-state index in [1.807, 2.05) is 7.05 Å². The average molecular weight is 429 g/mol. The number of aryl methyl sites for hydroxylation is 1. The van der Waals surface area contributed by atoms with Gasteiger partial charge >= 0.3 is 0 Å². The highest BCUT2D eigenvalue weighted by Crippen LogP contribution is 2.14. The van der Waals surface area contributed by atoms with Gasteiger partial charge in [0.1, 0.15) is 0 Å². The van der Waals surface area contributed by atoms with Gasteiger partial charge in [0.25, 0.3) is 0 Å². The zero-order valence-corrected chi connectivity index (χ0v) is 16.4. The van der Waals surface area contributed by atoms with E-state index in [0.717, 1.165) is 19.0 Å². The molecule has 1 unspecified atom stereocenters. The lowest BCUT2D eigenvalue weighted by Crippen LogP contribution is -2.63. The second-order valence-electron chi connectivity index (χ2n) is 6.22. The normalized spacial score (nSPS) is 26.5. The Hall–Kier alpha value is -0.860. The van der Waals surface area contributed by atoms with Crippen LogP contribution in [0.4, 0.5) is 0 Å². The van der Waals surface area contributed by atoms with Gasteiger partial charge < -0.3 is 10.6 Å². The molecule has 3 aliphatic rings. The van der Waals surface area contributed by atoms with Crippen molar-refractivity contribution in [1.29, 1.82) is 0 Å². The number of hydrogen-bond donors (Lipinski definition) is 2. The van der Waals surface area contributed by atoms with Gasteiger partial charge in [-0.3, -0.25) is 14.8 Å². The molecule has 3 fully saturated rings. The Kier molecular flexibility index (Phi) is 7.10. The minimum Gasteiger partial charge on any atom is -0.355 e. The summed E-state index contributed by atoms with van der Waals surface area (Å²) in [5.74, 6) is 0.890. The fourth-order valence-electron chi connectivity index (χ4n) is 3.34. The molecule has 0 aliphatic carbocycles. The maximum Gasteiger partial charge on any atom is 0.191 e. The smallest absolute Gasteiger partial charge is 0.191 e. The first-order valence-electron chi connectivity index (χ1n) is 8.21. The van der Waals surface area contributed by atoms with E-state index in [2.05, 4.69) is 56.6 Å². The van der Waals surface area contributed by atoms with Crippen LogP contribution in [-0.4, -0.2) is 68.1 Å². The van der Waals surface area contributed by atoms with Crippen molar-refractivity contribution >= 4 is 29.9 Å². The van der Waals surface area contributed by atoms with Gasteiger partial charge in [0.15, 0.2) is 5.96 Å². The lowest BCUT2D eigenvalue weighted by molar-refractivity contribution is 0.0154. The molecule has 3 aliphatic heterocycles. The summed E-state index contributed by atoms with van der Waals surface area (Å²) in [5, 5.41) is 6.90. The number of piperazine rings is 3. The lowest BCUT2D eigenvalue weighted by Gasteiger charge is -2.47. The molecule has 4 rings (SSSR count). The van der Waals surface area contributed by atoms with Crippen molar-refractivity contribution in [3.8, 4) is 0 Å². The van der Waals surface area contributed by atoms with Crippen molar-refractivity contribution in [3.05, 3.63) is 35.4 Å². The van der Waals surface area contributed by atoms with E-state index in [9.17, 15) is 0 Å². The number of hydrogen-bond acceptors (Lipinski definition) is 3. The molecular formula is C17H28IN5. The zero-order valence-electron chi connectivity index (χ0n) is 14.1. The van der Waals surface area contributed by atoms with Crippen LogP contribution in [0.3, 0.4) is 0 Å². The first-order valence-corrected chi connectivity index (χ1v) is 8.21. The predicted molar refractivity (Wildman–Crippen MR) is 107 cm³/mol. The highest BCUT2D eigenvalue weighted by Gasteiger charge is 2.31. The minimum atomic E-state index is 0. The van der Waals surface area contributed by atoms with Crippen LogP contribution in [0.2, 0.25) is 0 Å². The van der Waals surface area contributed by atoms with Crippen LogP contribution in [0.5, 0.6) is 0 Å². The second-order valence-corrected chi connectivity index (χ2v) is 6.22. The lowest BCUT2D eigenvalue weighted by atomic mass is 10.1. The van der Waals surface area contributed by atoms with Crippen molar-refractivity contribution in [3.63, 3.8) is 0 Å². The van der Waals surface area contributed by atoms with Crippen LogP contribution < -0.4 is 10.6 Å². The molecule has 0 radical (unpaired) electrons. The van der Waals surface area contributed by atoms with Crippen LogP contribution in [0, 0.1) is 6.92 Å². The Morgan fingerprint density at radius 3 is 2.52 bits per heavy atom. The summed E-state index contributed by atoms with van der Waals surface area (Å²) >= 11 is 0. The van der Waals surface area contributed by atoms with Gasteiger partial charge in [-0.05, 0) is 18.1 Å². The standard InChI is InChI=1S/C17H27N5.HI/c1-14-5-3-4-6-15(14)11-19-17(18-2)20-12-16-13-21-7-9-22(16)10-8-21;/h3-6,16H,7-13H2,1-2H3,(H2,18,19,20);1H. The summed E-state index contributed by atoms with van der Waals surface area (Å²) in [6.07, 6.45) is 0. The van der Waals surface area contributed by atoms with Crippen molar-refractivity contribution in [1.82, 2.24) is 20.4 Å². The molecule has 2 bridgehead atoms. The predicted octanol–water partition coefficient (Wildman–Crippen LogP) is 1.28. The van der Waals surface area contributed by atoms with E-state index in [-0.39, 0.29) is 24.0 Å². The van der Waals surface area contributed by atoms with E-state index in [4.69, 9.17) is 0 Å². The summed E-state index contributed by atoms with van der Waals surface area (Å²) in [5.41, 5.74) is 2.63. The molecule has 2 N–H and O–H groups in total. The molecule has 1 aromatic carbocycles. The molecule has 1 atom stereocenters. The molecule has 1 aromatic rings. The molecule has 0 spiro atoms. The average Bonchev–Trinajstić information content (AvgIpc) is 2.57. The number of aliphatic imine (C=N–C) groups is 1. The Labute approximate surface area is 156 Å². The largest absolute Gasteiger partial charge is 0.355 e. The third-order valence-corrected chi connectivity index (χ3v) is 4.83.